The number of rotatable bonds is 5. The fourth-order valence-corrected chi connectivity index (χ4v) is 1.77. The summed E-state index contributed by atoms with van der Waals surface area (Å²) >= 11 is 0. The van der Waals surface area contributed by atoms with Crippen LogP contribution in [0.25, 0.3) is 0 Å². The summed E-state index contributed by atoms with van der Waals surface area (Å²) in [6.45, 7) is 5.36. The van der Waals surface area contributed by atoms with Gasteiger partial charge in [0.05, 0.1) is 7.11 Å². The van der Waals surface area contributed by atoms with Crippen molar-refractivity contribution in [2.24, 2.45) is 0 Å². The topological polar surface area (TPSA) is 73.6 Å². The Hall–Kier alpha value is -2.50. The summed E-state index contributed by atoms with van der Waals surface area (Å²) in [4.78, 5) is 12.0. The van der Waals surface area contributed by atoms with E-state index in [2.05, 4.69) is 10.5 Å². The fourth-order valence-electron chi connectivity index (χ4n) is 1.77. The average molecular weight is 290 g/mol. The van der Waals surface area contributed by atoms with Gasteiger partial charge in [-0.05, 0) is 38.5 Å². The number of aryl methyl sites for hydroxylation is 2. The molecule has 1 aromatic heterocycles. The predicted octanol–water partition coefficient (Wildman–Crippen LogP) is 2.71. The van der Waals surface area contributed by atoms with E-state index >= 15 is 0 Å². The van der Waals surface area contributed by atoms with E-state index in [9.17, 15) is 4.79 Å². The van der Waals surface area contributed by atoms with Crippen molar-refractivity contribution in [3.05, 3.63) is 35.6 Å². The molecule has 0 aliphatic heterocycles. The number of ether oxygens (including phenoxy) is 2. The van der Waals surface area contributed by atoms with E-state index in [4.69, 9.17) is 14.0 Å². The van der Waals surface area contributed by atoms with E-state index in [1.165, 1.54) is 0 Å². The van der Waals surface area contributed by atoms with Crippen LogP contribution in [0.3, 0.4) is 0 Å². The monoisotopic (exact) mass is 290 g/mol. The van der Waals surface area contributed by atoms with Crippen molar-refractivity contribution in [2.45, 2.75) is 26.9 Å². The van der Waals surface area contributed by atoms with Crippen LogP contribution in [0, 0.1) is 13.8 Å². The SMILES string of the molecule is COc1cc(C)ccc1OC(C)C(=O)Nc1cc(C)on1. The van der Waals surface area contributed by atoms with Crippen LogP contribution in [0.15, 0.2) is 28.8 Å². The Kier molecular flexibility index (Phi) is 4.47. The van der Waals surface area contributed by atoms with Gasteiger partial charge in [-0.2, -0.15) is 0 Å². The lowest BCUT2D eigenvalue weighted by Crippen LogP contribution is -2.30. The molecule has 0 bridgehead atoms. The molecule has 0 saturated heterocycles. The molecule has 0 spiro atoms. The molecule has 0 radical (unpaired) electrons. The van der Waals surface area contributed by atoms with Gasteiger partial charge in [-0.25, -0.2) is 0 Å². The van der Waals surface area contributed by atoms with Gasteiger partial charge in [-0.1, -0.05) is 11.2 Å². The van der Waals surface area contributed by atoms with Crippen molar-refractivity contribution < 1.29 is 18.8 Å². The molecular formula is C15H18N2O4. The lowest BCUT2D eigenvalue weighted by atomic mass is 10.2. The molecule has 1 heterocycles. The zero-order valence-electron chi connectivity index (χ0n) is 12.5. The van der Waals surface area contributed by atoms with E-state index in [1.54, 1.807) is 33.1 Å². The first-order valence-corrected chi connectivity index (χ1v) is 6.55. The number of methoxy groups -OCH3 is 1. The summed E-state index contributed by atoms with van der Waals surface area (Å²) in [7, 11) is 1.56. The van der Waals surface area contributed by atoms with Gasteiger partial charge in [0.2, 0.25) is 0 Å². The van der Waals surface area contributed by atoms with E-state index in [1.807, 2.05) is 19.1 Å². The predicted molar refractivity (Wildman–Crippen MR) is 77.7 cm³/mol. The highest BCUT2D eigenvalue weighted by atomic mass is 16.5. The maximum absolute atomic E-state index is 12.0. The zero-order valence-corrected chi connectivity index (χ0v) is 12.5. The number of benzene rings is 1. The lowest BCUT2D eigenvalue weighted by molar-refractivity contribution is -0.122. The maximum atomic E-state index is 12.0. The Labute approximate surface area is 123 Å². The number of aromatic nitrogens is 1. The molecule has 6 nitrogen and oxygen atoms in total. The molecule has 1 amide bonds. The van der Waals surface area contributed by atoms with E-state index < -0.39 is 6.10 Å². The number of hydrogen-bond acceptors (Lipinski definition) is 5. The number of amides is 1. The zero-order chi connectivity index (χ0) is 15.4. The minimum absolute atomic E-state index is 0.314. The molecule has 21 heavy (non-hydrogen) atoms. The Morgan fingerprint density at radius 2 is 2.05 bits per heavy atom. The molecule has 1 atom stereocenters. The first-order valence-electron chi connectivity index (χ1n) is 6.55. The van der Waals surface area contributed by atoms with Crippen molar-refractivity contribution >= 4 is 11.7 Å². The van der Waals surface area contributed by atoms with E-state index in [0.717, 1.165) is 5.56 Å². The van der Waals surface area contributed by atoms with Crippen LogP contribution in [0.4, 0.5) is 5.82 Å². The number of carbonyl (C=O) groups is 1. The van der Waals surface area contributed by atoms with Crippen LogP contribution in [0.1, 0.15) is 18.2 Å². The van der Waals surface area contributed by atoms with Crippen molar-refractivity contribution in [3.8, 4) is 11.5 Å². The summed E-state index contributed by atoms with van der Waals surface area (Å²) in [5, 5.41) is 6.33. The molecule has 2 aromatic rings. The highest BCUT2D eigenvalue weighted by Crippen LogP contribution is 2.28. The second kappa shape index (κ2) is 6.30. The third-order valence-corrected chi connectivity index (χ3v) is 2.87. The second-order valence-electron chi connectivity index (χ2n) is 4.73. The highest BCUT2D eigenvalue weighted by molar-refractivity contribution is 5.93. The maximum Gasteiger partial charge on any atom is 0.266 e. The molecule has 0 fully saturated rings. The van der Waals surface area contributed by atoms with Crippen molar-refractivity contribution in [2.75, 3.05) is 12.4 Å². The first kappa shape index (κ1) is 14.9. The molecule has 6 heteroatoms. The van der Waals surface area contributed by atoms with Gasteiger partial charge >= 0.3 is 0 Å². The van der Waals surface area contributed by atoms with Crippen LogP contribution in [-0.4, -0.2) is 24.3 Å². The highest BCUT2D eigenvalue weighted by Gasteiger charge is 2.18. The Morgan fingerprint density at radius 1 is 1.29 bits per heavy atom. The second-order valence-corrected chi connectivity index (χ2v) is 4.73. The molecule has 0 aliphatic carbocycles. The smallest absolute Gasteiger partial charge is 0.266 e. The van der Waals surface area contributed by atoms with E-state index in [-0.39, 0.29) is 5.91 Å². The van der Waals surface area contributed by atoms with Crippen LogP contribution < -0.4 is 14.8 Å². The van der Waals surface area contributed by atoms with Crippen molar-refractivity contribution in [1.82, 2.24) is 5.16 Å². The molecular weight excluding hydrogens is 272 g/mol. The summed E-state index contributed by atoms with van der Waals surface area (Å²) in [5.41, 5.74) is 1.05. The number of carbonyl (C=O) groups excluding carboxylic acids is 1. The summed E-state index contributed by atoms with van der Waals surface area (Å²) in [6, 6.07) is 7.15. The Bertz CT molecular complexity index is 636. The molecule has 1 unspecified atom stereocenters. The van der Waals surface area contributed by atoms with Crippen LogP contribution in [-0.2, 0) is 4.79 Å². The molecule has 0 saturated carbocycles. The van der Waals surface area contributed by atoms with Gasteiger partial charge in [0.25, 0.3) is 5.91 Å². The fraction of sp³-hybridized carbons (Fsp3) is 0.333. The van der Waals surface area contributed by atoms with Gasteiger partial charge in [0.1, 0.15) is 5.76 Å². The van der Waals surface area contributed by atoms with Crippen LogP contribution >= 0.6 is 0 Å². The standard InChI is InChI=1S/C15H18N2O4/c1-9-5-6-12(13(7-9)19-4)20-11(3)15(18)16-14-8-10(2)21-17-14/h5-8,11H,1-4H3,(H,16,17,18). The van der Waals surface area contributed by atoms with Gasteiger partial charge in [-0.15, -0.1) is 0 Å². The van der Waals surface area contributed by atoms with Crippen molar-refractivity contribution in [1.29, 1.82) is 0 Å². The molecule has 2 rings (SSSR count). The number of nitrogens with zero attached hydrogens (tertiary/aromatic N) is 1. The van der Waals surface area contributed by atoms with Gasteiger partial charge in [-0.3, -0.25) is 4.79 Å². The molecule has 1 N–H and O–H groups in total. The third kappa shape index (κ3) is 3.75. The quantitative estimate of drug-likeness (QED) is 0.916. The Morgan fingerprint density at radius 3 is 2.67 bits per heavy atom. The number of nitrogens with one attached hydrogen (secondary N) is 1. The molecule has 1 aromatic carbocycles. The lowest BCUT2D eigenvalue weighted by Gasteiger charge is -2.16. The minimum Gasteiger partial charge on any atom is -0.493 e. The summed E-state index contributed by atoms with van der Waals surface area (Å²) < 4.78 is 15.8. The summed E-state index contributed by atoms with van der Waals surface area (Å²) in [5.74, 6) is 1.78. The molecule has 112 valence electrons. The van der Waals surface area contributed by atoms with E-state index in [0.29, 0.717) is 23.1 Å². The number of anilines is 1. The number of hydrogen-bond donors (Lipinski definition) is 1. The normalized spacial score (nSPS) is 11.8. The minimum atomic E-state index is -0.696. The first-order chi connectivity index (χ1) is 9.99. The molecule has 0 aliphatic rings. The third-order valence-electron chi connectivity index (χ3n) is 2.87. The van der Waals surface area contributed by atoms with Crippen molar-refractivity contribution in [3.63, 3.8) is 0 Å². The summed E-state index contributed by atoms with van der Waals surface area (Å²) in [6.07, 6.45) is -0.696. The van der Waals surface area contributed by atoms with Gasteiger partial charge < -0.3 is 19.3 Å². The average Bonchev–Trinajstić information content (AvgIpc) is 2.85. The Balaban J connectivity index is 2.03. The van der Waals surface area contributed by atoms with Crippen LogP contribution in [0.2, 0.25) is 0 Å². The van der Waals surface area contributed by atoms with Gasteiger partial charge in [0, 0.05) is 6.07 Å². The largest absolute Gasteiger partial charge is 0.493 e. The van der Waals surface area contributed by atoms with Crippen LogP contribution in [0.5, 0.6) is 11.5 Å². The van der Waals surface area contributed by atoms with Gasteiger partial charge in [0.15, 0.2) is 23.4 Å².